The lowest BCUT2D eigenvalue weighted by Crippen LogP contribution is -2.20. The molecule has 3 aromatic rings. The van der Waals surface area contributed by atoms with Gasteiger partial charge in [0.2, 0.25) is 0 Å². The lowest BCUT2D eigenvalue weighted by Gasteiger charge is -2.18. The first-order chi connectivity index (χ1) is 14.5. The van der Waals surface area contributed by atoms with Gasteiger partial charge in [0.25, 0.3) is 11.6 Å². The highest BCUT2D eigenvalue weighted by molar-refractivity contribution is 6.31. The second-order valence-electron chi connectivity index (χ2n) is 7.07. The Morgan fingerprint density at radius 2 is 1.93 bits per heavy atom. The Labute approximate surface area is 178 Å². The third kappa shape index (κ3) is 4.13. The molecule has 4 rings (SSSR count). The van der Waals surface area contributed by atoms with Crippen molar-refractivity contribution in [3.63, 3.8) is 0 Å². The fraction of sp³-hybridized carbons (Fsp3) is 0.238. The summed E-state index contributed by atoms with van der Waals surface area (Å²) in [6.45, 7) is 1.96. The van der Waals surface area contributed by atoms with Crippen molar-refractivity contribution in [3.8, 4) is 0 Å². The maximum atomic E-state index is 12.8. The number of anilines is 2. The third-order valence-electron chi connectivity index (χ3n) is 5.12. The van der Waals surface area contributed by atoms with Gasteiger partial charge < -0.3 is 10.2 Å². The van der Waals surface area contributed by atoms with Crippen molar-refractivity contribution < 1.29 is 9.72 Å². The van der Waals surface area contributed by atoms with Gasteiger partial charge in [-0.05, 0) is 36.6 Å². The van der Waals surface area contributed by atoms with E-state index in [2.05, 4.69) is 10.4 Å². The molecule has 2 aromatic carbocycles. The van der Waals surface area contributed by atoms with Crippen molar-refractivity contribution in [1.29, 1.82) is 0 Å². The average Bonchev–Trinajstić information content (AvgIpc) is 3.42. The molecule has 2 heterocycles. The number of nitro benzene ring substituents is 1. The molecule has 0 saturated carbocycles. The summed E-state index contributed by atoms with van der Waals surface area (Å²) < 4.78 is 1.62. The Morgan fingerprint density at radius 3 is 2.67 bits per heavy atom. The van der Waals surface area contributed by atoms with Gasteiger partial charge in [-0.3, -0.25) is 14.9 Å². The summed E-state index contributed by atoms with van der Waals surface area (Å²) in [6.07, 6.45) is 3.59. The van der Waals surface area contributed by atoms with Gasteiger partial charge in [0, 0.05) is 35.8 Å². The van der Waals surface area contributed by atoms with Crippen LogP contribution in [-0.2, 0) is 6.54 Å². The summed E-state index contributed by atoms with van der Waals surface area (Å²) in [7, 11) is 0. The predicted octanol–water partition coefficient (Wildman–Crippen LogP) is 4.35. The lowest BCUT2D eigenvalue weighted by atomic mass is 10.1. The van der Waals surface area contributed by atoms with E-state index in [1.165, 1.54) is 6.07 Å². The van der Waals surface area contributed by atoms with Crippen molar-refractivity contribution in [3.05, 3.63) is 81.0 Å². The van der Waals surface area contributed by atoms with E-state index in [1.54, 1.807) is 35.1 Å². The fourth-order valence-corrected chi connectivity index (χ4v) is 3.77. The van der Waals surface area contributed by atoms with Crippen LogP contribution in [0.5, 0.6) is 0 Å². The monoisotopic (exact) mass is 425 g/mol. The first-order valence-electron chi connectivity index (χ1n) is 9.63. The molecule has 154 valence electrons. The first kappa shape index (κ1) is 19.9. The zero-order chi connectivity index (χ0) is 21.1. The Balaban J connectivity index is 1.55. The summed E-state index contributed by atoms with van der Waals surface area (Å²) in [6, 6.07) is 13.7. The second-order valence-corrected chi connectivity index (χ2v) is 7.48. The molecule has 1 aliphatic heterocycles. The SMILES string of the molecule is O=C(Nc1ccnn1Cc1ccccc1Cl)c1ccc(N2CCCC2)c([N+](=O)[O-])c1. The van der Waals surface area contributed by atoms with E-state index in [9.17, 15) is 14.9 Å². The summed E-state index contributed by atoms with van der Waals surface area (Å²) in [5.74, 6) is 0.0400. The number of carbonyl (C=O) groups is 1. The minimum atomic E-state index is -0.438. The standard InChI is InChI=1S/C21H20ClN5O3/c22-17-6-2-1-5-16(17)14-26-20(9-10-23-26)24-21(28)15-7-8-18(19(13-15)27(29)30)25-11-3-4-12-25/h1-2,5-10,13H,3-4,11-12,14H2,(H,24,28). The molecule has 1 aliphatic rings. The van der Waals surface area contributed by atoms with Crippen LogP contribution >= 0.6 is 11.6 Å². The molecule has 1 amide bonds. The number of halogens is 1. The molecular weight excluding hydrogens is 406 g/mol. The molecule has 8 nitrogen and oxygen atoms in total. The van der Waals surface area contributed by atoms with Gasteiger partial charge >= 0.3 is 0 Å². The summed E-state index contributed by atoms with van der Waals surface area (Å²) >= 11 is 6.21. The van der Waals surface area contributed by atoms with Gasteiger partial charge in [-0.25, -0.2) is 4.68 Å². The van der Waals surface area contributed by atoms with Gasteiger partial charge in [-0.2, -0.15) is 5.10 Å². The smallest absolute Gasteiger partial charge is 0.293 e. The van der Waals surface area contributed by atoms with Crippen LogP contribution in [0.15, 0.2) is 54.7 Å². The number of hydrogen-bond donors (Lipinski definition) is 1. The number of nitrogens with one attached hydrogen (secondary N) is 1. The van der Waals surface area contributed by atoms with Crippen molar-refractivity contribution in [2.24, 2.45) is 0 Å². The molecule has 0 spiro atoms. The van der Waals surface area contributed by atoms with E-state index in [4.69, 9.17) is 11.6 Å². The number of nitro groups is 1. The number of nitrogens with zero attached hydrogens (tertiary/aromatic N) is 4. The summed E-state index contributed by atoms with van der Waals surface area (Å²) in [4.78, 5) is 25.9. The predicted molar refractivity (Wildman–Crippen MR) is 115 cm³/mol. The maximum absolute atomic E-state index is 12.8. The van der Waals surface area contributed by atoms with Crippen molar-refractivity contribution in [2.45, 2.75) is 19.4 Å². The molecule has 1 aromatic heterocycles. The molecule has 1 fully saturated rings. The zero-order valence-corrected chi connectivity index (χ0v) is 16.9. The van der Waals surface area contributed by atoms with Crippen molar-refractivity contribution in [1.82, 2.24) is 9.78 Å². The molecule has 1 N–H and O–H groups in total. The quantitative estimate of drug-likeness (QED) is 0.468. The Morgan fingerprint density at radius 1 is 1.17 bits per heavy atom. The topological polar surface area (TPSA) is 93.3 Å². The van der Waals surface area contributed by atoms with E-state index in [1.807, 2.05) is 23.1 Å². The van der Waals surface area contributed by atoms with Crippen LogP contribution in [0.2, 0.25) is 5.02 Å². The largest absolute Gasteiger partial charge is 0.366 e. The van der Waals surface area contributed by atoms with Crippen LogP contribution in [0.3, 0.4) is 0 Å². The molecule has 0 atom stereocenters. The van der Waals surface area contributed by atoms with Crippen LogP contribution in [-0.4, -0.2) is 33.7 Å². The molecule has 0 aliphatic carbocycles. The van der Waals surface area contributed by atoms with Crippen molar-refractivity contribution >= 4 is 34.7 Å². The van der Waals surface area contributed by atoms with Gasteiger partial charge in [0.15, 0.2) is 0 Å². The van der Waals surface area contributed by atoms with E-state index in [0.717, 1.165) is 31.5 Å². The highest BCUT2D eigenvalue weighted by Crippen LogP contribution is 2.32. The Bertz CT molecular complexity index is 1090. The van der Waals surface area contributed by atoms with E-state index < -0.39 is 10.8 Å². The number of hydrogen-bond acceptors (Lipinski definition) is 5. The van der Waals surface area contributed by atoms with Gasteiger partial charge in [-0.1, -0.05) is 29.8 Å². The fourth-order valence-electron chi connectivity index (χ4n) is 3.58. The molecule has 9 heteroatoms. The van der Waals surface area contributed by atoms with Gasteiger partial charge in [-0.15, -0.1) is 0 Å². The number of amides is 1. The molecular formula is C21H20ClN5O3. The van der Waals surface area contributed by atoms with E-state index in [0.29, 0.717) is 23.1 Å². The van der Waals surface area contributed by atoms with Crippen molar-refractivity contribution in [2.75, 3.05) is 23.3 Å². The second kappa shape index (κ2) is 8.54. The van der Waals surface area contributed by atoms with Gasteiger partial charge in [0.05, 0.1) is 17.7 Å². The minimum Gasteiger partial charge on any atom is -0.366 e. The highest BCUT2D eigenvalue weighted by atomic mass is 35.5. The normalized spacial score (nSPS) is 13.4. The number of aromatic nitrogens is 2. The summed E-state index contributed by atoms with van der Waals surface area (Å²) in [5, 5.41) is 19.2. The number of rotatable bonds is 6. The molecule has 0 unspecified atom stereocenters. The van der Waals surface area contributed by atoms with Crippen LogP contribution < -0.4 is 10.2 Å². The highest BCUT2D eigenvalue weighted by Gasteiger charge is 2.24. The maximum Gasteiger partial charge on any atom is 0.293 e. The molecule has 0 bridgehead atoms. The summed E-state index contributed by atoms with van der Waals surface area (Å²) in [5.41, 5.74) is 1.58. The molecule has 0 radical (unpaired) electrons. The van der Waals surface area contributed by atoms with Crippen LogP contribution in [0.1, 0.15) is 28.8 Å². The Hall–Kier alpha value is -3.39. The number of carbonyl (C=O) groups excluding carboxylic acids is 1. The van der Waals surface area contributed by atoms with E-state index in [-0.39, 0.29) is 11.3 Å². The first-order valence-corrected chi connectivity index (χ1v) is 10.0. The zero-order valence-electron chi connectivity index (χ0n) is 16.1. The average molecular weight is 426 g/mol. The molecule has 30 heavy (non-hydrogen) atoms. The molecule has 1 saturated heterocycles. The van der Waals surface area contributed by atoms with Gasteiger partial charge in [0.1, 0.15) is 11.5 Å². The van der Waals surface area contributed by atoms with E-state index >= 15 is 0 Å². The third-order valence-corrected chi connectivity index (χ3v) is 5.49. The number of benzene rings is 2. The minimum absolute atomic E-state index is 0.0610. The van der Waals surface area contributed by atoms with Crippen LogP contribution in [0.4, 0.5) is 17.2 Å². The van der Waals surface area contributed by atoms with Crippen LogP contribution in [0, 0.1) is 10.1 Å². The van der Waals surface area contributed by atoms with Crippen LogP contribution in [0.25, 0.3) is 0 Å². The Kier molecular flexibility index (Phi) is 5.67. The lowest BCUT2D eigenvalue weighted by molar-refractivity contribution is -0.384.